The fourth-order valence-electron chi connectivity index (χ4n) is 2.51. The number of nitrogens with zero attached hydrogens (tertiary/aromatic N) is 2. The molecule has 2 aromatic rings. The van der Waals surface area contributed by atoms with E-state index in [9.17, 15) is 4.39 Å². The van der Waals surface area contributed by atoms with E-state index < -0.39 is 5.82 Å². The first-order valence-corrected chi connectivity index (χ1v) is 7.40. The zero-order valence-corrected chi connectivity index (χ0v) is 12.8. The fourth-order valence-corrected chi connectivity index (χ4v) is 3.22. The summed E-state index contributed by atoms with van der Waals surface area (Å²) >= 11 is 9.30. The number of benzene rings is 1. The highest BCUT2D eigenvalue weighted by Gasteiger charge is 2.23. The van der Waals surface area contributed by atoms with Crippen molar-refractivity contribution in [3.8, 4) is 0 Å². The van der Waals surface area contributed by atoms with Gasteiger partial charge in [-0.25, -0.2) is 9.07 Å². The lowest BCUT2D eigenvalue weighted by molar-refractivity contribution is -0.0367. The predicted octanol–water partition coefficient (Wildman–Crippen LogP) is 4.60. The van der Waals surface area contributed by atoms with Gasteiger partial charge in [-0.1, -0.05) is 11.6 Å². The third kappa shape index (κ3) is 2.08. The standard InChI is InChI=1S/C13H13BrClFN2O/c1-7-12(16)11(15)10(14)8-6-17-18(13(7)8)9-4-2-3-5-19-9/h6,9H,2-5H2,1H3. The molecule has 0 bridgehead atoms. The molecule has 2 heterocycles. The van der Waals surface area contributed by atoms with Crippen LogP contribution in [0.15, 0.2) is 10.7 Å². The number of aryl methyl sites for hydroxylation is 1. The predicted molar refractivity (Wildman–Crippen MR) is 76.0 cm³/mol. The molecule has 1 fully saturated rings. The SMILES string of the molecule is Cc1c(F)c(Cl)c(Br)c2cnn(C3CCCCO3)c12. The minimum Gasteiger partial charge on any atom is -0.356 e. The minimum atomic E-state index is -0.404. The topological polar surface area (TPSA) is 27.1 Å². The average molecular weight is 348 g/mol. The largest absolute Gasteiger partial charge is 0.356 e. The lowest BCUT2D eigenvalue weighted by Crippen LogP contribution is -2.19. The van der Waals surface area contributed by atoms with Crippen molar-refractivity contribution in [2.75, 3.05) is 6.61 Å². The summed E-state index contributed by atoms with van der Waals surface area (Å²) in [5.74, 6) is -0.404. The molecule has 102 valence electrons. The van der Waals surface area contributed by atoms with Gasteiger partial charge in [-0.3, -0.25) is 0 Å². The van der Waals surface area contributed by atoms with E-state index >= 15 is 0 Å². The number of rotatable bonds is 1. The summed E-state index contributed by atoms with van der Waals surface area (Å²) in [6.07, 6.45) is 4.66. The molecule has 19 heavy (non-hydrogen) atoms. The third-order valence-corrected chi connectivity index (χ3v) is 4.94. The zero-order chi connectivity index (χ0) is 13.6. The summed E-state index contributed by atoms with van der Waals surface area (Å²) in [4.78, 5) is 0. The first kappa shape index (κ1) is 13.3. The van der Waals surface area contributed by atoms with E-state index in [1.165, 1.54) is 0 Å². The summed E-state index contributed by atoms with van der Waals surface area (Å²) in [7, 11) is 0. The number of hydrogen-bond donors (Lipinski definition) is 0. The summed E-state index contributed by atoms with van der Waals surface area (Å²) in [6.45, 7) is 2.44. The highest BCUT2D eigenvalue weighted by atomic mass is 79.9. The van der Waals surface area contributed by atoms with Gasteiger partial charge in [-0.15, -0.1) is 0 Å². The van der Waals surface area contributed by atoms with Crippen LogP contribution in [0.1, 0.15) is 31.1 Å². The number of aromatic nitrogens is 2. The number of halogens is 3. The number of ether oxygens (including phenoxy) is 1. The minimum absolute atomic E-state index is 0.106. The maximum absolute atomic E-state index is 14.1. The smallest absolute Gasteiger partial charge is 0.150 e. The van der Waals surface area contributed by atoms with Crippen molar-refractivity contribution < 1.29 is 9.13 Å². The Morgan fingerprint density at radius 1 is 1.53 bits per heavy atom. The van der Waals surface area contributed by atoms with E-state index in [2.05, 4.69) is 21.0 Å². The second-order valence-electron chi connectivity index (χ2n) is 4.74. The number of hydrogen-bond acceptors (Lipinski definition) is 2. The van der Waals surface area contributed by atoms with Crippen LogP contribution in [0.2, 0.25) is 5.02 Å². The Balaban J connectivity index is 2.22. The van der Waals surface area contributed by atoms with Gasteiger partial charge in [0.05, 0.1) is 21.2 Å². The first-order valence-electron chi connectivity index (χ1n) is 6.23. The molecule has 0 radical (unpaired) electrons. The number of fused-ring (bicyclic) bond motifs is 1. The van der Waals surface area contributed by atoms with Gasteiger partial charge in [0.15, 0.2) is 6.23 Å². The Morgan fingerprint density at radius 3 is 3.00 bits per heavy atom. The lowest BCUT2D eigenvalue weighted by atomic mass is 10.1. The Hall–Kier alpha value is -0.650. The molecular formula is C13H13BrClFN2O. The van der Waals surface area contributed by atoms with Crippen molar-refractivity contribution >= 4 is 38.4 Å². The van der Waals surface area contributed by atoms with Crippen molar-refractivity contribution in [1.82, 2.24) is 9.78 Å². The molecule has 0 amide bonds. The fraction of sp³-hybridized carbons (Fsp3) is 0.462. The molecule has 3 nitrogen and oxygen atoms in total. The molecule has 1 aromatic carbocycles. The van der Waals surface area contributed by atoms with Gasteiger partial charge in [0.2, 0.25) is 0 Å². The lowest BCUT2D eigenvalue weighted by Gasteiger charge is -2.24. The van der Waals surface area contributed by atoms with Gasteiger partial charge in [0.1, 0.15) is 5.82 Å². The first-order chi connectivity index (χ1) is 9.11. The monoisotopic (exact) mass is 346 g/mol. The Morgan fingerprint density at radius 2 is 2.32 bits per heavy atom. The highest BCUT2D eigenvalue weighted by Crippen LogP contribution is 2.38. The maximum Gasteiger partial charge on any atom is 0.150 e. The van der Waals surface area contributed by atoms with Gasteiger partial charge in [0.25, 0.3) is 0 Å². The molecule has 0 N–H and O–H groups in total. The van der Waals surface area contributed by atoms with Crippen LogP contribution in [0.4, 0.5) is 4.39 Å². The Labute approximate surface area is 123 Å². The van der Waals surface area contributed by atoms with Crippen molar-refractivity contribution in [2.45, 2.75) is 32.4 Å². The normalized spacial score (nSPS) is 20.1. The van der Waals surface area contributed by atoms with Crippen molar-refractivity contribution in [3.63, 3.8) is 0 Å². The Kier molecular flexibility index (Phi) is 3.53. The molecule has 1 aliphatic rings. The zero-order valence-electron chi connectivity index (χ0n) is 10.4. The van der Waals surface area contributed by atoms with Gasteiger partial charge in [0, 0.05) is 17.6 Å². The van der Waals surface area contributed by atoms with Crippen LogP contribution < -0.4 is 0 Å². The van der Waals surface area contributed by atoms with E-state index in [-0.39, 0.29) is 11.3 Å². The molecule has 0 aliphatic carbocycles. The molecule has 1 aromatic heterocycles. The van der Waals surface area contributed by atoms with Gasteiger partial charge < -0.3 is 4.74 Å². The molecule has 1 aliphatic heterocycles. The second-order valence-corrected chi connectivity index (χ2v) is 5.91. The molecule has 0 spiro atoms. The molecule has 6 heteroatoms. The van der Waals surface area contributed by atoms with Crippen LogP contribution in [0.25, 0.3) is 10.9 Å². The molecule has 1 unspecified atom stereocenters. The second kappa shape index (κ2) is 5.04. The quantitative estimate of drug-likeness (QED) is 0.705. The Bertz CT molecular complexity index is 637. The summed E-state index contributed by atoms with van der Waals surface area (Å²) in [6, 6.07) is 0. The van der Waals surface area contributed by atoms with E-state index in [4.69, 9.17) is 16.3 Å². The molecule has 0 saturated carbocycles. The van der Waals surface area contributed by atoms with E-state index in [0.717, 1.165) is 36.8 Å². The van der Waals surface area contributed by atoms with E-state index in [1.807, 2.05) is 0 Å². The summed E-state index contributed by atoms with van der Waals surface area (Å²) < 4.78 is 22.1. The molecule has 1 atom stereocenters. The van der Waals surface area contributed by atoms with Crippen LogP contribution in [-0.4, -0.2) is 16.4 Å². The summed E-state index contributed by atoms with van der Waals surface area (Å²) in [5.41, 5.74) is 1.26. The average Bonchev–Trinajstić information content (AvgIpc) is 2.88. The van der Waals surface area contributed by atoms with Crippen LogP contribution in [-0.2, 0) is 4.74 Å². The highest BCUT2D eigenvalue weighted by molar-refractivity contribution is 9.10. The summed E-state index contributed by atoms with van der Waals surface area (Å²) in [5, 5.41) is 5.28. The molecular weight excluding hydrogens is 335 g/mol. The van der Waals surface area contributed by atoms with Crippen molar-refractivity contribution in [2.24, 2.45) is 0 Å². The van der Waals surface area contributed by atoms with Gasteiger partial charge in [-0.05, 0) is 42.1 Å². The maximum atomic E-state index is 14.1. The van der Waals surface area contributed by atoms with Crippen molar-refractivity contribution in [1.29, 1.82) is 0 Å². The van der Waals surface area contributed by atoms with Gasteiger partial charge in [-0.2, -0.15) is 5.10 Å². The van der Waals surface area contributed by atoms with Crippen molar-refractivity contribution in [3.05, 3.63) is 27.1 Å². The van der Waals surface area contributed by atoms with E-state index in [0.29, 0.717) is 10.0 Å². The van der Waals surface area contributed by atoms with Gasteiger partial charge >= 0.3 is 0 Å². The van der Waals surface area contributed by atoms with Crippen LogP contribution >= 0.6 is 27.5 Å². The molecule has 1 saturated heterocycles. The van der Waals surface area contributed by atoms with Crippen LogP contribution in [0.5, 0.6) is 0 Å². The van der Waals surface area contributed by atoms with E-state index in [1.54, 1.807) is 17.8 Å². The molecule has 3 rings (SSSR count). The third-order valence-electron chi connectivity index (χ3n) is 3.53. The van der Waals surface area contributed by atoms with Crippen LogP contribution in [0.3, 0.4) is 0 Å². The van der Waals surface area contributed by atoms with Crippen LogP contribution in [0, 0.1) is 12.7 Å².